The Bertz CT molecular complexity index is 1070. The molecule has 12 heteroatoms. The number of halogens is 3. The van der Waals surface area contributed by atoms with E-state index < -0.39 is 12.0 Å². The second-order valence-corrected chi connectivity index (χ2v) is 7.88. The average Bonchev–Trinajstić information content (AvgIpc) is 3.19. The van der Waals surface area contributed by atoms with Gasteiger partial charge >= 0.3 is 5.97 Å². The number of nitrogens with zero attached hydrogens (tertiary/aromatic N) is 5. The molecule has 1 aliphatic rings. The first kappa shape index (κ1) is 21.8. The van der Waals surface area contributed by atoms with Crippen molar-refractivity contribution in [3.63, 3.8) is 0 Å². The van der Waals surface area contributed by atoms with E-state index in [0.29, 0.717) is 21.4 Å². The fourth-order valence-corrected chi connectivity index (χ4v) is 3.47. The lowest BCUT2D eigenvalue weighted by Gasteiger charge is -2.37. The van der Waals surface area contributed by atoms with Crippen molar-refractivity contribution >= 4 is 46.5 Å². The molecule has 3 aromatic rings. The van der Waals surface area contributed by atoms with Crippen LogP contribution in [0.3, 0.4) is 0 Å². The maximum absolute atomic E-state index is 11.8. The summed E-state index contributed by atoms with van der Waals surface area (Å²) in [6, 6.07) is 11.1. The standard InChI is InChI=1S/C19H16Cl3N5O4/c20-13-3-1-12(2-4-13)7-17(19(28)29)27-11-30-26(10-31-27)16-8-14(21)5-6-15(16)25-9-18(22)23-24-25/h1-6,8-9,17H,7,10-11H2,(H,28,29). The topological polar surface area (TPSA) is 93.0 Å². The number of hydrogen-bond donors (Lipinski definition) is 1. The molecule has 0 bridgehead atoms. The van der Waals surface area contributed by atoms with Crippen LogP contribution in [0, 0.1) is 0 Å². The summed E-state index contributed by atoms with van der Waals surface area (Å²) in [5, 5.41) is 21.4. The van der Waals surface area contributed by atoms with Crippen LogP contribution in [0.1, 0.15) is 5.56 Å². The van der Waals surface area contributed by atoms with Crippen LogP contribution < -0.4 is 5.06 Å². The first-order chi connectivity index (χ1) is 14.9. The molecule has 1 unspecified atom stereocenters. The van der Waals surface area contributed by atoms with Gasteiger partial charge in [0.2, 0.25) is 0 Å². The van der Waals surface area contributed by atoms with E-state index in [1.165, 1.54) is 21.0 Å². The average molecular weight is 485 g/mol. The number of benzene rings is 2. The van der Waals surface area contributed by atoms with Crippen LogP contribution in [-0.4, -0.2) is 50.6 Å². The molecular formula is C19H16Cl3N5O4. The maximum atomic E-state index is 11.8. The molecule has 1 fully saturated rings. The van der Waals surface area contributed by atoms with E-state index in [2.05, 4.69) is 10.3 Å². The lowest BCUT2D eigenvalue weighted by Crippen LogP contribution is -2.51. The van der Waals surface area contributed by atoms with Gasteiger partial charge < -0.3 is 5.11 Å². The molecule has 1 aliphatic heterocycles. The molecule has 1 N–H and O–H groups in total. The van der Waals surface area contributed by atoms with E-state index >= 15 is 0 Å². The zero-order valence-corrected chi connectivity index (χ0v) is 18.1. The molecule has 1 atom stereocenters. The third-order valence-electron chi connectivity index (χ3n) is 4.58. The lowest BCUT2D eigenvalue weighted by molar-refractivity contribution is -0.282. The fourth-order valence-electron chi connectivity index (χ4n) is 3.05. The summed E-state index contributed by atoms with van der Waals surface area (Å²) in [4.78, 5) is 23.3. The van der Waals surface area contributed by atoms with Gasteiger partial charge in [0.25, 0.3) is 0 Å². The highest BCUT2D eigenvalue weighted by Crippen LogP contribution is 2.30. The molecule has 0 saturated carbocycles. The Labute approximate surface area is 192 Å². The van der Waals surface area contributed by atoms with Crippen LogP contribution in [0.2, 0.25) is 15.2 Å². The monoisotopic (exact) mass is 483 g/mol. The first-order valence-electron chi connectivity index (χ1n) is 9.06. The number of aliphatic carboxylic acids is 1. The minimum atomic E-state index is -1.03. The minimum absolute atomic E-state index is 0.0693. The molecule has 0 aliphatic carbocycles. The number of carboxylic acid groups (broad SMARTS) is 1. The number of carboxylic acids is 1. The Hall–Kier alpha value is -2.40. The highest BCUT2D eigenvalue weighted by molar-refractivity contribution is 6.31. The Morgan fingerprint density at radius 2 is 1.77 bits per heavy atom. The van der Waals surface area contributed by atoms with Gasteiger partial charge in [-0.25, -0.2) is 9.75 Å². The number of aromatic nitrogens is 3. The molecule has 2 heterocycles. The van der Waals surface area contributed by atoms with E-state index in [1.54, 1.807) is 42.5 Å². The SMILES string of the molecule is O=C(O)C(Cc1ccc(Cl)cc1)N1CON(c2cc(Cl)ccc2-n2cc(Cl)nn2)CO1. The van der Waals surface area contributed by atoms with Crippen LogP contribution in [0.25, 0.3) is 5.69 Å². The molecule has 31 heavy (non-hydrogen) atoms. The van der Waals surface area contributed by atoms with E-state index in [1.807, 2.05) is 0 Å². The summed E-state index contributed by atoms with van der Waals surface area (Å²) >= 11 is 17.9. The van der Waals surface area contributed by atoms with E-state index in [4.69, 9.17) is 44.5 Å². The number of hydrogen-bond acceptors (Lipinski definition) is 7. The second kappa shape index (κ2) is 9.39. The highest BCUT2D eigenvalue weighted by Gasteiger charge is 2.32. The lowest BCUT2D eigenvalue weighted by atomic mass is 10.1. The van der Waals surface area contributed by atoms with Crippen molar-refractivity contribution in [2.45, 2.75) is 12.5 Å². The Morgan fingerprint density at radius 1 is 1.03 bits per heavy atom. The van der Waals surface area contributed by atoms with Gasteiger partial charge in [-0.2, -0.15) is 0 Å². The Kier molecular flexibility index (Phi) is 6.61. The third kappa shape index (κ3) is 5.09. The van der Waals surface area contributed by atoms with Gasteiger partial charge in [0.1, 0.15) is 6.04 Å². The van der Waals surface area contributed by atoms with Gasteiger partial charge in [0.05, 0.1) is 17.6 Å². The quantitative estimate of drug-likeness (QED) is 0.564. The van der Waals surface area contributed by atoms with E-state index in [-0.39, 0.29) is 25.0 Å². The van der Waals surface area contributed by atoms with Crippen LogP contribution in [0.5, 0.6) is 0 Å². The van der Waals surface area contributed by atoms with Crippen molar-refractivity contribution < 1.29 is 19.6 Å². The van der Waals surface area contributed by atoms with Crippen molar-refractivity contribution in [1.29, 1.82) is 0 Å². The number of hydroxylamine groups is 3. The van der Waals surface area contributed by atoms with Gasteiger partial charge in [-0.15, -0.1) is 10.2 Å². The molecule has 0 radical (unpaired) electrons. The maximum Gasteiger partial charge on any atom is 0.323 e. The molecule has 4 rings (SSSR count). The van der Waals surface area contributed by atoms with Crippen molar-refractivity contribution in [2.24, 2.45) is 0 Å². The molecule has 9 nitrogen and oxygen atoms in total. The van der Waals surface area contributed by atoms with Crippen LogP contribution >= 0.6 is 34.8 Å². The summed E-state index contributed by atoms with van der Waals surface area (Å²) in [5.74, 6) is -1.03. The number of anilines is 1. The van der Waals surface area contributed by atoms with Crippen molar-refractivity contribution in [3.05, 3.63) is 69.4 Å². The summed E-state index contributed by atoms with van der Waals surface area (Å²) in [6.07, 6.45) is 1.76. The summed E-state index contributed by atoms with van der Waals surface area (Å²) in [5.41, 5.74) is 1.97. The zero-order chi connectivity index (χ0) is 22.0. The number of rotatable bonds is 6. The van der Waals surface area contributed by atoms with Crippen molar-refractivity contribution in [3.8, 4) is 5.69 Å². The predicted octanol–water partition coefficient (Wildman–Crippen LogP) is 3.82. The summed E-state index contributed by atoms with van der Waals surface area (Å²) in [7, 11) is 0. The van der Waals surface area contributed by atoms with Crippen LogP contribution in [0.4, 0.5) is 5.69 Å². The van der Waals surface area contributed by atoms with Crippen LogP contribution in [0.15, 0.2) is 48.7 Å². The first-order valence-corrected chi connectivity index (χ1v) is 10.2. The van der Waals surface area contributed by atoms with Gasteiger partial charge in [0.15, 0.2) is 18.6 Å². The normalized spacial score (nSPS) is 15.8. The second-order valence-electron chi connectivity index (χ2n) is 6.62. The van der Waals surface area contributed by atoms with Crippen molar-refractivity contribution in [1.82, 2.24) is 20.1 Å². The van der Waals surface area contributed by atoms with Crippen molar-refractivity contribution in [2.75, 3.05) is 18.5 Å². The Morgan fingerprint density at radius 3 is 2.39 bits per heavy atom. The molecule has 1 saturated heterocycles. The van der Waals surface area contributed by atoms with Gasteiger partial charge in [-0.1, -0.05) is 52.1 Å². The van der Waals surface area contributed by atoms with E-state index in [9.17, 15) is 9.90 Å². The Balaban J connectivity index is 1.49. The van der Waals surface area contributed by atoms with Gasteiger partial charge in [-0.3, -0.25) is 14.5 Å². The van der Waals surface area contributed by atoms with E-state index in [0.717, 1.165) is 5.56 Å². The molecular weight excluding hydrogens is 469 g/mol. The molecule has 0 spiro atoms. The summed E-state index contributed by atoms with van der Waals surface area (Å²) in [6.45, 7) is -0.186. The molecule has 2 aromatic carbocycles. The van der Waals surface area contributed by atoms with Gasteiger partial charge in [-0.05, 0) is 35.9 Å². The third-order valence-corrected chi connectivity index (χ3v) is 5.24. The predicted molar refractivity (Wildman–Crippen MR) is 114 cm³/mol. The highest BCUT2D eigenvalue weighted by atomic mass is 35.5. The molecule has 1 aromatic heterocycles. The largest absolute Gasteiger partial charge is 0.480 e. The minimum Gasteiger partial charge on any atom is -0.480 e. The van der Waals surface area contributed by atoms with Gasteiger partial charge in [0, 0.05) is 16.5 Å². The summed E-state index contributed by atoms with van der Waals surface area (Å²) < 4.78 is 1.48. The fraction of sp³-hybridized carbons (Fsp3) is 0.211. The molecule has 0 amide bonds. The zero-order valence-electron chi connectivity index (χ0n) is 15.9. The van der Waals surface area contributed by atoms with Crippen LogP contribution in [-0.2, 0) is 20.9 Å². The number of carbonyl (C=O) groups is 1. The smallest absolute Gasteiger partial charge is 0.323 e. The molecule has 162 valence electrons.